The predicted octanol–water partition coefficient (Wildman–Crippen LogP) is 3.78. The lowest BCUT2D eigenvalue weighted by molar-refractivity contribution is 0.208. The first-order valence-electron chi connectivity index (χ1n) is 8.66. The van der Waals surface area contributed by atoms with Crippen molar-refractivity contribution in [1.29, 1.82) is 0 Å². The minimum absolute atomic E-state index is 0.334. The van der Waals surface area contributed by atoms with Crippen molar-refractivity contribution in [3.8, 4) is 5.75 Å². The quantitative estimate of drug-likeness (QED) is 0.746. The summed E-state index contributed by atoms with van der Waals surface area (Å²) in [5.41, 5.74) is 1.15. The van der Waals surface area contributed by atoms with E-state index in [1.54, 1.807) is 17.4 Å². The normalized spacial score (nSPS) is 18.5. The van der Waals surface area contributed by atoms with Gasteiger partial charge in [-0.05, 0) is 55.5 Å². The van der Waals surface area contributed by atoms with E-state index in [9.17, 15) is 5.11 Å². The van der Waals surface area contributed by atoms with Gasteiger partial charge in [-0.25, -0.2) is 9.97 Å². The fourth-order valence-electron chi connectivity index (χ4n) is 3.50. The molecule has 0 radical (unpaired) electrons. The van der Waals surface area contributed by atoms with Crippen LogP contribution in [-0.4, -0.2) is 39.1 Å². The Morgan fingerprint density at radius 1 is 1.32 bits per heavy atom. The fraction of sp³-hybridized carbons (Fsp3) is 0.368. The van der Waals surface area contributed by atoms with Crippen LogP contribution in [0, 0.1) is 6.92 Å². The van der Waals surface area contributed by atoms with Crippen molar-refractivity contribution in [2.24, 2.45) is 0 Å². The third-order valence-electron chi connectivity index (χ3n) is 4.60. The SMILES string of the molecule is Cc1nc(NC2CCCN(Cc3cccc(O)c3)C2)c2ccsc2n1. The smallest absolute Gasteiger partial charge is 0.138 e. The summed E-state index contributed by atoms with van der Waals surface area (Å²) in [6.07, 6.45) is 2.30. The predicted molar refractivity (Wildman–Crippen MR) is 102 cm³/mol. The molecule has 2 aromatic heterocycles. The summed E-state index contributed by atoms with van der Waals surface area (Å²) in [6.45, 7) is 4.87. The summed E-state index contributed by atoms with van der Waals surface area (Å²) in [4.78, 5) is 12.6. The lowest BCUT2D eigenvalue weighted by Gasteiger charge is -2.33. The van der Waals surface area contributed by atoms with Gasteiger partial charge in [0, 0.05) is 19.1 Å². The topological polar surface area (TPSA) is 61.3 Å². The van der Waals surface area contributed by atoms with Gasteiger partial charge in [-0.2, -0.15) is 0 Å². The van der Waals surface area contributed by atoms with Crippen LogP contribution in [0.3, 0.4) is 0 Å². The van der Waals surface area contributed by atoms with Crippen molar-refractivity contribution in [2.75, 3.05) is 18.4 Å². The summed E-state index contributed by atoms with van der Waals surface area (Å²) in [6, 6.07) is 10.0. The first-order chi connectivity index (χ1) is 12.2. The van der Waals surface area contributed by atoms with Crippen molar-refractivity contribution < 1.29 is 5.11 Å². The molecule has 0 amide bonds. The molecule has 1 unspecified atom stereocenters. The van der Waals surface area contributed by atoms with Gasteiger partial charge in [-0.1, -0.05) is 12.1 Å². The number of fused-ring (bicyclic) bond motifs is 1. The van der Waals surface area contributed by atoms with Crippen LogP contribution in [0.4, 0.5) is 5.82 Å². The summed E-state index contributed by atoms with van der Waals surface area (Å²) in [7, 11) is 0. The summed E-state index contributed by atoms with van der Waals surface area (Å²) < 4.78 is 0. The molecule has 1 aliphatic heterocycles. The molecule has 3 heterocycles. The average Bonchev–Trinajstić information content (AvgIpc) is 3.03. The first-order valence-corrected chi connectivity index (χ1v) is 9.54. The molecule has 4 rings (SSSR count). The van der Waals surface area contributed by atoms with E-state index in [1.165, 1.54) is 0 Å². The Hall–Kier alpha value is -2.18. The third kappa shape index (κ3) is 3.75. The number of anilines is 1. The van der Waals surface area contributed by atoms with Gasteiger partial charge in [0.05, 0.1) is 5.39 Å². The van der Waals surface area contributed by atoms with Crippen LogP contribution >= 0.6 is 11.3 Å². The van der Waals surface area contributed by atoms with E-state index >= 15 is 0 Å². The van der Waals surface area contributed by atoms with Gasteiger partial charge in [0.1, 0.15) is 22.2 Å². The van der Waals surface area contributed by atoms with E-state index in [4.69, 9.17) is 0 Å². The number of likely N-dealkylation sites (tertiary alicyclic amines) is 1. The van der Waals surface area contributed by atoms with Crippen LogP contribution in [0.1, 0.15) is 24.2 Å². The molecule has 5 nitrogen and oxygen atoms in total. The average molecular weight is 354 g/mol. The van der Waals surface area contributed by atoms with Crippen molar-refractivity contribution in [3.05, 3.63) is 47.1 Å². The monoisotopic (exact) mass is 354 g/mol. The Morgan fingerprint density at radius 2 is 2.24 bits per heavy atom. The number of nitrogens with one attached hydrogen (secondary N) is 1. The minimum atomic E-state index is 0.334. The molecule has 1 atom stereocenters. The zero-order valence-corrected chi connectivity index (χ0v) is 15.1. The van der Waals surface area contributed by atoms with Gasteiger partial charge >= 0.3 is 0 Å². The summed E-state index contributed by atoms with van der Waals surface area (Å²) in [5.74, 6) is 2.10. The molecule has 25 heavy (non-hydrogen) atoms. The molecule has 130 valence electrons. The van der Waals surface area contributed by atoms with E-state index in [0.717, 1.165) is 59.9 Å². The molecule has 0 spiro atoms. The first kappa shape index (κ1) is 16.3. The summed E-state index contributed by atoms with van der Waals surface area (Å²) >= 11 is 1.66. The molecule has 1 saturated heterocycles. The van der Waals surface area contributed by atoms with E-state index in [2.05, 4.69) is 37.7 Å². The molecule has 1 aliphatic rings. The maximum absolute atomic E-state index is 9.65. The highest BCUT2D eigenvalue weighted by atomic mass is 32.1. The number of hydrogen-bond acceptors (Lipinski definition) is 6. The molecule has 6 heteroatoms. The molecular weight excluding hydrogens is 332 g/mol. The number of rotatable bonds is 4. The highest BCUT2D eigenvalue weighted by Gasteiger charge is 2.21. The second kappa shape index (κ2) is 6.98. The van der Waals surface area contributed by atoms with E-state index in [0.29, 0.717) is 11.8 Å². The number of aryl methyl sites for hydroxylation is 1. The van der Waals surface area contributed by atoms with Crippen LogP contribution in [0.2, 0.25) is 0 Å². The number of benzene rings is 1. The highest BCUT2D eigenvalue weighted by molar-refractivity contribution is 7.16. The number of hydrogen-bond donors (Lipinski definition) is 2. The Morgan fingerprint density at radius 3 is 3.12 bits per heavy atom. The number of phenols is 1. The molecule has 2 N–H and O–H groups in total. The molecule has 1 aromatic carbocycles. The van der Waals surface area contributed by atoms with Crippen molar-refractivity contribution >= 4 is 27.4 Å². The summed E-state index contributed by atoms with van der Waals surface area (Å²) in [5, 5.41) is 16.5. The van der Waals surface area contributed by atoms with Crippen molar-refractivity contribution in [2.45, 2.75) is 32.4 Å². The van der Waals surface area contributed by atoms with Crippen LogP contribution in [0.5, 0.6) is 5.75 Å². The van der Waals surface area contributed by atoms with Crippen LogP contribution in [0.15, 0.2) is 35.7 Å². The van der Waals surface area contributed by atoms with Crippen LogP contribution < -0.4 is 5.32 Å². The Kier molecular flexibility index (Phi) is 4.55. The molecule has 1 fully saturated rings. The lowest BCUT2D eigenvalue weighted by atomic mass is 10.0. The minimum Gasteiger partial charge on any atom is -0.508 e. The van der Waals surface area contributed by atoms with Gasteiger partial charge < -0.3 is 10.4 Å². The number of nitrogens with zero attached hydrogens (tertiary/aromatic N) is 3. The van der Waals surface area contributed by atoms with Crippen LogP contribution in [0.25, 0.3) is 10.2 Å². The van der Waals surface area contributed by atoms with Crippen LogP contribution in [-0.2, 0) is 6.54 Å². The Labute approximate surface area is 151 Å². The molecule has 0 saturated carbocycles. The largest absolute Gasteiger partial charge is 0.508 e. The Bertz CT molecular complexity index is 879. The fourth-order valence-corrected chi connectivity index (χ4v) is 4.30. The maximum Gasteiger partial charge on any atom is 0.138 e. The number of phenolic OH excluding ortho intramolecular Hbond substituents is 1. The van der Waals surface area contributed by atoms with Gasteiger partial charge in [-0.15, -0.1) is 11.3 Å². The number of thiophene rings is 1. The zero-order chi connectivity index (χ0) is 17.2. The number of aromatic nitrogens is 2. The molecular formula is C19H22N4OS. The standard InChI is InChI=1S/C19H22N4OS/c1-13-20-18(17-7-9-25-19(17)21-13)22-15-5-3-8-23(12-15)11-14-4-2-6-16(24)10-14/h2,4,6-7,9-10,15,24H,3,5,8,11-12H2,1H3,(H,20,21,22). The van der Waals surface area contributed by atoms with Gasteiger partial charge in [0.25, 0.3) is 0 Å². The van der Waals surface area contributed by atoms with E-state index in [-0.39, 0.29) is 0 Å². The molecule has 0 aliphatic carbocycles. The van der Waals surface area contributed by atoms with E-state index < -0.39 is 0 Å². The van der Waals surface area contributed by atoms with Gasteiger partial charge in [-0.3, -0.25) is 4.90 Å². The van der Waals surface area contributed by atoms with Gasteiger partial charge in [0.2, 0.25) is 0 Å². The maximum atomic E-state index is 9.65. The highest BCUT2D eigenvalue weighted by Crippen LogP contribution is 2.27. The van der Waals surface area contributed by atoms with Gasteiger partial charge in [0.15, 0.2) is 0 Å². The molecule has 0 bridgehead atoms. The zero-order valence-electron chi connectivity index (χ0n) is 14.3. The third-order valence-corrected chi connectivity index (χ3v) is 5.41. The van der Waals surface area contributed by atoms with Crippen molar-refractivity contribution in [3.63, 3.8) is 0 Å². The second-order valence-electron chi connectivity index (χ2n) is 6.65. The van der Waals surface area contributed by atoms with E-state index in [1.807, 2.05) is 19.1 Å². The Balaban J connectivity index is 1.46. The second-order valence-corrected chi connectivity index (χ2v) is 7.54. The van der Waals surface area contributed by atoms with Crippen molar-refractivity contribution in [1.82, 2.24) is 14.9 Å². The molecule has 3 aromatic rings. The lowest BCUT2D eigenvalue weighted by Crippen LogP contribution is -2.41. The number of aromatic hydroxyl groups is 1. The number of piperidine rings is 1.